The van der Waals surface area contributed by atoms with E-state index in [1.165, 1.54) is 11.6 Å². The van der Waals surface area contributed by atoms with E-state index in [1.54, 1.807) is 24.3 Å². The van der Waals surface area contributed by atoms with E-state index in [0.717, 1.165) is 17.0 Å². The molecule has 4 heteroatoms. The summed E-state index contributed by atoms with van der Waals surface area (Å²) in [5.74, 6) is -0.259. The van der Waals surface area contributed by atoms with Crippen LogP contribution in [0, 0.1) is 12.7 Å². The monoisotopic (exact) mass is 269 g/mol. The molecule has 90 valence electrons. The van der Waals surface area contributed by atoms with E-state index in [4.69, 9.17) is 11.6 Å². The van der Waals surface area contributed by atoms with Gasteiger partial charge in [0.05, 0.1) is 5.02 Å². The van der Waals surface area contributed by atoms with Gasteiger partial charge < -0.3 is 5.32 Å². The molecule has 2 aromatic rings. The van der Waals surface area contributed by atoms with Gasteiger partial charge in [-0.2, -0.15) is 0 Å². The highest BCUT2D eigenvalue weighted by atomic mass is 35.5. The van der Waals surface area contributed by atoms with Crippen molar-refractivity contribution >= 4 is 22.9 Å². The van der Waals surface area contributed by atoms with Crippen LogP contribution in [0.3, 0.4) is 0 Å². The van der Waals surface area contributed by atoms with Gasteiger partial charge in [-0.05, 0) is 48.7 Å². The summed E-state index contributed by atoms with van der Waals surface area (Å²) in [6.07, 6.45) is 0. The third-order valence-corrected chi connectivity index (χ3v) is 3.87. The van der Waals surface area contributed by atoms with Crippen molar-refractivity contribution in [1.29, 1.82) is 0 Å². The van der Waals surface area contributed by atoms with E-state index < -0.39 is 0 Å². The van der Waals surface area contributed by atoms with Gasteiger partial charge in [0.15, 0.2) is 0 Å². The van der Waals surface area contributed by atoms with Crippen LogP contribution in [-0.4, -0.2) is 7.05 Å². The highest BCUT2D eigenvalue weighted by molar-refractivity contribution is 7.13. The molecule has 0 aliphatic carbocycles. The number of hydrogen-bond donors (Lipinski definition) is 1. The Kier molecular flexibility index (Phi) is 3.82. The lowest BCUT2D eigenvalue weighted by Crippen LogP contribution is -2.03. The van der Waals surface area contributed by atoms with E-state index in [1.807, 2.05) is 7.05 Å². The van der Waals surface area contributed by atoms with Crippen molar-refractivity contribution in [3.05, 3.63) is 45.5 Å². The second kappa shape index (κ2) is 5.17. The van der Waals surface area contributed by atoms with Crippen molar-refractivity contribution in [2.24, 2.45) is 0 Å². The molecule has 1 N–H and O–H groups in total. The molecule has 2 rings (SSSR count). The van der Waals surface area contributed by atoms with E-state index in [9.17, 15) is 4.39 Å². The Morgan fingerprint density at radius 2 is 2.12 bits per heavy atom. The Hall–Kier alpha value is -0.900. The second-order valence-electron chi connectivity index (χ2n) is 3.93. The van der Waals surface area contributed by atoms with Crippen LogP contribution in [0.15, 0.2) is 23.6 Å². The van der Waals surface area contributed by atoms with Gasteiger partial charge in [-0.25, -0.2) is 4.39 Å². The first-order chi connectivity index (χ1) is 8.11. The standard InChI is InChI=1S/C13H13ClFNS/c1-8-3-10(11(14)5-12(8)15)13-4-9(6-16-2)7-17-13/h3-5,7,16H,6H2,1-2H3. The average Bonchev–Trinajstić information content (AvgIpc) is 2.72. The predicted molar refractivity (Wildman–Crippen MR) is 72.2 cm³/mol. The van der Waals surface area contributed by atoms with E-state index in [0.29, 0.717) is 10.6 Å². The van der Waals surface area contributed by atoms with Gasteiger partial charge in [0.1, 0.15) is 5.82 Å². The van der Waals surface area contributed by atoms with Crippen LogP contribution in [0.2, 0.25) is 5.02 Å². The highest BCUT2D eigenvalue weighted by Crippen LogP contribution is 2.34. The number of aryl methyl sites for hydroxylation is 1. The topological polar surface area (TPSA) is 12.0 Å². The van der Waals surface area contributed by atoms with Crippen molar-refractivity contribution in [3.63, 3.8) is 0 Å². The fourth-order valence-corrected chi connectivity index (χ4v) is 2.91. The molecule has 0 saturated carbocycles. The smallest absolute Gasteiger partial charge is 0.127 e. The number of rotatable bonds is 3. The zero-order valence-electron chi connectivity index (χ0n) is 9.68. The third-order valence-electron chi connectivity index (χ3n) is 2.55. The van der Waals surface area contributed by atoms with Crippen molar-refractivity contribution in [2.75, 3.05) is 7.05 Å². The number of hydrogen-bond acceptors (Lipinski definition) is 2. The van der Waals surface area contributed by atoms with Gasteiger partial charge in [0, 0.05) is 17.0 Å². The second-order valence-corrected chi connectivity index (χ2v) is 5.25. The van der Waals surface area contributed by atoms with Gasteiger partial charge >= 0.3 is 0 Å². The van der Waals surface area contributed by atoms with Gasteiger partial charge in [-0.1, -0.05) is 11.6 Å². The molecule has 0 radical (unpaired) electrons. The van der Waals surface area contributed by atoms with Crippen molar-refractivity contribution < 1.29 is 4.39 Å². The molecule has 0 unspecified atom stereocenters. The van der Waals surface area contributed by atoms with Crippen LogP contribution in [0.4, 0.5) is 4.39 Å². The van der Waals surface area contributed by atoms with Gasteiger partial charge in [-0.3, -0.25) is 0 Å². The quantitative estimate of drug-likeness (QED) is 0.879. The fourth-order valence-electron chi connectivity index (χ4n) is 1.66. The molecule has 1 nitrogen and oxygen atoms in total. The molecule has 1 aromatic heterocycles. The maximum atomic E-state index is 13.3. The summed E-state index contributed by atoms with van der Waals surface area (Å²) < 4.78 is 13.3. The van der Waals surface area contributed by atoms with E-state index in [-0.39, 0.29) is 5.82 Å². The fraction of sp³-hybridized carbons (Fsp3) is 0.231. The number of benzene rings is 1. The van der Waals surface area contributed by atoms with Crippen LogP contribution < -0.4 is 5.32 Å². The molecule has 0 saturated heterocycles. The molecule has 0 amide bonds. The minimum Gasteiger partial charge on any atom is -0.316 e. The molecular formula is C13H13ClFNS. The molecule has 0 atom stereocenters. The van der Waals surface area contributed by atoms with Crippen molar-refractivity contribution in [2.45, 2.75) is 13.5 Å². The van der Waals surface area contributed by atoms with Gasteiger partial charge in [0.2, 0.25) is 0 Å². The first-order valence-electron chi connectivity index (χ1n) is 5.30. The molecular weight excluding hydrogens is 257 g/mol. The number of halogens is 2. The van der Waals surface area contributed by atoms with Crippen LogP contribution in [0.25, 0.3) is 10.4 Å². The Morgan fingerprint density at radius 3 is 2.82 bits per heavy atom. The van der Waals surface area contributed by atoms with Gasteiger partial charge in [0.25, 0.3) is 0 Å². The molecule has 0 aliphatic rings. The summed E-state index contributed by atoms with van der Waals surface area (Å²) in [7, 11) is 1.91. The molecule has 0 bridgehead atoms. The largest absolute Gasteiger partial charge is 0.316 e. The minimum atomic E-state index is -0.259. The predicted octanol–water partition coefficient (Wildman–Crippen LogP) is 4.24. The van der Waals surface area contributed by atoms with E-state index in [2.05, 4.69) is 16.8 Å². The molecule has 1 aromatic carbocycles. The zero-order chi connectivity index (χ0) is 12.4. The lowest BCUT2D eigenvalue weighted by molar-refractivity contribution is 0.619. The Balaban J connectivity index is 2.41. The molecule has 0 aliphatic heterocycles. The normalized spacial score (nSPS) is 10.8. The first-order valence-corrected chi connectivity index (χ1v) is 6.55. The summed E-state index contributed by atoms with van der Waals surface area (Å²) >= 11 is 7.70. The Bertz CT molecular complexity index is 536. The maximum absolute atomic E-state index is 13.3. The summed E-state index contributed by atoms with van der Waals surface area (Å²) in [5.41, 5.74) is 2.73. The van der Waals surface area contributed by atoms with Crippen molar-refractivity contribution in [3.8, 4) is 10.4 Å². The number of nitrogens with one attached hydrogen (secondary N) is 1. The summed E-state index contributed by atoms with van der Waals surface area (Å²) in [5, 5.41) is 5.65. The lowest BCUT2D eigenvalue weighted by atomic mass is 10.1. The third kappa shape index (κ3) is 2.68. The Morgan fingerprint density at radius 1 is 1.35 bits per heavy atom. The summed E-state index contributed by atoms with van der Waals surface area (Å²) in [6, 6.07) is 5.26. The summed E-state index contributed by atoms with van der Waals surface area (Å²) in [6.45, 7) is 2.57. The number of thiophene rings is 1. The average molecular weight is 270 g/mol. The molecule has 17 heavy (non-hydrogen) atoms. The zero-order valence-corrected chi connectivity index (χ0v) is 11.3. The highest BCUT2D eigenvalue weighted by Gasteiger charge is 2.10. The van der Waals surface area contributed by atoms with Crippen molar-refractivity contribution in [1.82, 2.24) is 5.32 Å². The SMILES string of the molecule is CNCc1csc(-c2cc(C)c(F)cc2Cl)c1. The molecule has 0 fully saturated rings. The maximum Gasteiger partial charge on any atom is 0.127 e. The van der Waals surface area contributed by atoms with Crippen LogP contribution in [0.1, 0.15) is 11.1 Å². The van der Waals surface area contributed by atoms with Crippen LogP contribution >= 0.6 is 22.9 Å². The lowest BCUT2D eigenvalue weighted by Gasteiger charge is -2.04. The molecule has 0 spiro atoms. The van der Waals surface area contributed by atoms with Crippen LogP contribution in [0.5, 0.6) is 0 Å². The van der Waals surface area contributed by atoms with Crippen LogP contribution in [-0.2, 0) is 6.54 Å². The summed E-state index contributed by atoms with van der Waals surface area (Å²) in [4.78, 5) is 1.07. The minimum absolute atomic E-state index is 0.259. The van der Waals surface area contributed by atoms with Gasteiger partial charge in [-0.15, -0.1) is 11.3 Å². The Labute approximate surface area is 109 Å². The van der Waals surface area contributed by atoms with E-state index >= 15 is 0 Å². The first kappa shape index (κ1) is 12.6. The molecule has 1 heterocycles.